The van der Waals surface area contributed by atoms with Gasteiger partial charge in [-0.05, 0) is 13.3 Å². The lowest BCUT2D eigenvalue weighted by atomic mass is 9.56. The summed E-state index contributed by atoms with van der Waals surface area (Å²) in [6, 6.07) is 0.192. The maximum atomic E-state index is 12.0. The van der Waals surface area contributed by atoms with Crippen molar-refractivity contribution in [2.75, 3.05) is 18.7 Å². The Morgan fingerprint density at radius 1 is 1.47 bits per heavy atom. The van der Waals surface area contributed by atoms with Crippen LogP contribution >= 0.6 is 11.8 Å². The van der Waals surface area contributed by atoms with Crippen LogP contribution in [-0.4, -0.2) is 42.3 Å². The van der Waals surface area contributed by atoms with Crippen molar-refractivity contribution in [2.24, 2.45) is 5.41 Å². The van der Waals surface area contributed by atoms with Gasteiger partial charge in [0.2, 0.25) is 5.91 Å². The fraction of sp³-hybridized carbons (Fsp3) is 0.917. The van der Waals surface area contributed by atoms with E-state index in [9.17, 15) is 4.79 Å². The zero-order chi connectivity index (χ0) is 12.7. The highest BCUT2D eigenvalue weighted by atomic mass is 32.2. The Morgan fingerprint density at radius 3 is 2.65 bits per heavy atom. The van der Waals surface area contributed by atoms with E-state index in [0.717, 1.165) is 18.1 Å². The first-order chi connectivity index (χ1) is 7.90. The number of hydrogen-bond acceptors (Lipinski definition) is 4. The summed E-state index contributed by atoms with van der Waals surface area (Å²) in [7, 11) is 1.74. The van der Waals surface area contributed by atoms with Gasteiger partial charge in [-0.25, -0.2) is 0 Å². The molecule has 1 heterocycles. The SMILES string of the molecule is CO[C@]1(C)C[C@@H](NC(=O)[C@H]2CSCN2)C1(C)C. The van der Waals surface area contributed by atoms with E-state index < -0.39 is 0 Å². The Kier molecular flexibility index (Phi) is 3.45. The van der Waals surface area contributed by atoms with Crippen LogP contribution in [0.2, 0.25) is 0 Å². The summed E-state index contributed by atoms with van der Waals surface area (Å²) >= 11 is 1.77. The first kappa shape index (κ1) is 13.2. The zero-order valence-corrected chi connectivity index (χ0v) is 11.8. The Bertz CT molecular complexity index is 316. The van der Waals surface area contributed by atoms with Crippen LogP contribution in [-0.2, 0) is 9.53 Å². The van der Waals surface area contributed by atoms with E-state index in [2.05, 4.69) is 31.4 Å². The second kappa shape index (κ2) is 4.44. The number of nitrogens with one attached hydrogen (secondary N) is 2. The smallest absolute Gasteiger partial charge is 0.238 e. The first-order valence-corrected chi connectivity index (χ1v) is 7.23. The van der Waals surface area contributed by atoms with Crippen LogP contribution in [0.1, 0.15) is 27.2 Å². The molecule has 2 rings (SSSR count). The molecule has 1 amide bonds. The van der Waals surface area contributed by atoms with Gasteiger partial charge < -0.3 is 10.1 Å². The normalized spacial score (nSPS) is 39.8. The molecule has 2 N–H and O–H groups in total. The fourth-order valence-electron chi connectivity index (χ4n) is 2.56. The van der Waals surface area contributed by atoms with Crippen molar-refractivity contribution in [1.82, 2.24) is 10.6 Å². The van der Waals surface area contributed by atoms with Crippen LogP contribution in [0.15, 0.2) is 0 Å². The summed E-state index contributed by atoms with van der Waals surface area (Å²) in [6.45, 7) is 6.42. The molecule has 5 heteroatoms. The molecular formula is C12H22N2O2S. The van der Waals surface area contributed by atoms with E-state index in [0.29, 0.717) is 0 Å². The van der Waals surface area contributed by atoms with E-state index >= 15 is 0 Å². The molecule has 0 aromatic rings. The quantitative estimate of drug-likeness (QED) is 0.792. The summed E-state index contributed by atoms with van der Waals surface area (Å²) in [6.07, 6.45) is 0.891. The van der Waals surface area contributed by atoms with Gasteiger partial charge in [-0.3, -0.25) is 10.1 Å². The van der Waals surface area contributed by atoms with Gasteiger partial charge in [0, 0.05) is 30.2 Å². The van der Waals surface area contributed by atoms with E-state index in [1.54, 1.807) is 18.9 Å². The first-order valence-electron chi connectivity index (χ1n) is 6.07. The zero-order valence-electron chi connectivity index (χ0n) is 11.0. The Labute approximate surface area is 107 Å². The summed E-state index contributed by atoms with van der Waals surface area (Å²) in [4.78, 5) is 12.0. The molecule has 0 aromatic heterocycles. The lowest BCUT2D eigenvalue weighted by Crippen LogP contribution is -2.69. The van der Waals surface area contributed by atoms with Crippen molar-refractivity contribution < 1.29 is 9.53 Å². The summed E-state index contributed by atoms with van der Waals surface area (Å²) in [5.74, 6) is 1.88. The van der Waals surface area contributed by atoms with Gasteiger partial charge in [0.1, 0.15) is 0 Å². The molecule has 0 bridgehead atoms. The van der Waals surface area contributed by atoms with Crippen molar-refractivity contribution in [3.63, 3.8) is 0 Å². The van der Waals surface area contributed by atoms with Crippen molar-refractivity contribution in [2.45, 2.75) is 44.9 Å². The molecule has 1 saturated heterocycles. The molecule has 4 nitrogen and oxygen atoms in total. The monoisotopic (exact) mass is 258 g/mol. The third kappa shape index (κ3) is 2.09. The van der Waals surface area contributed by atoms with E-state index in [4.69, 9.17) is 4.74 Å². The molecule has 0 aromatic carbocycles. The van der Waals surface area contributed by atoms with Crippen LogP contribution in [0.5, 0.6) is 0 Å². The van der Waals surface area contributed by atoms with Gasteiger partial charge in [0.05, 0.1) is 11.6 Å². The highest BCUT2D eigenvalue weighted by molar-refractivity contribution is 7.99. The third-order valence-corrected chi connectivity index (χ3v) is 5.57. The van der Waals surface area contributed by atoms with E-state index in [1.807, 2.05) is 0 Å². The topological polar surface area (TPSA) is 50.4 Å². The second-order valence-corrected chi connectivity index (χ2v) is 6.72. The largest absolute Gasteiger partial charge is 0.378 e. The maximum absolute atomic E-state index is 12.0. The molecule has 1 saturated carbocycles. The minimum Gasteiger partial charge on any atom is -0.378 e. The standard InChI is InChI=1S/C12H22N2O2S/c1-11(2)9(5-12(11,3)16-4)14-10(15)8-6-17-7-13-8/h8-9,13H,5-7H2,1-4H3,(H,14,15)/t8-,9-,12-/m1/s1. The molecule has 3 atom stereocenters. The van der Waals surface area contributed by atoms with Gasteiger partial charge in [0.25, 0.3) is 0 Å². The fourth-order valence-corrected chi connectivity index (χ4v) is 3.50. The predicted octanol–water partition coefficient (Wildman–Crippen LogP) is 0.969. The molecule has 2 fully saturated rings. The molecule has 0 radical (unpaired) electrons. The van der Waals surface area contributed by atoms with Crippen LogP contribution < -0.4 is 10.6 Å². The number of carbonyl (C=O) groups excluding carboxylic acids is 1. The predicted molar refractivity (Wildman–Crippen MR) is 70.0 cm³/mol. The van der Waals surface area contributed by atoms with Crippen LogP contribution in [0.25, 0.3) is 0 Å². The van der Waals surface area contributed by atoms with Crippen molar-refractivity contribution in [1.29, 1.82) is 0 Å². The average molecular weight is 258 g/mol. The molecular weight excluding hydrogens is 236 g/mol. The van der Waals surface area contributed by atoms with Crippen molar-refractivity contribution >= 4 is 17.7 Å². The van der Waals surface area contributed by atoms with Gasteiger partial charge in [0.15, 0.2) is 0 Å². The van der Waals surface area contributed by atoms with Crippen molar-refractivity contribution in [3.05, 3.63) is 0 Å². The summed E-state index contributed by atoms with van der Waals surface area (Å²) in [5.41, 5.74) is -0.133. The van der Waals surface area contributed by atoms with Crippen LogP contribution in [0, 0.1) is 5.41 Å². The number of hydrogen-bond donors (Lipinski definition) is 2. The highest BCUT2D eigenvalue weighted by Gasteiger charge is 2.58. The van der Waals surface area contributed by atoms with Crippen LogP contribution in [0.3, 0.4) is 0 Å². The van der Waals surface area contributed by atoms with E-state index in [-0.39, 0.29) is 29.0 Å². The molecule has 1 aliphatic carbocycles. The number of rotatable bonds is 3. The van der Waals surface area contributed by atoms with Gasteiger partial charge >= 0.3 is 0 Å². The highest BCUT2D eigenvalue weighted by Crippen LogP contribution is 2.51. The van der Waals surface area contributed by atoms with Gasteiger partial charge in [-0.15, -0.1) is 11.8 Å². The maximum Gasteiger partial charge on any atom is 0.238 e. The molecule has 98 valence electrons. The lowest BCUT2D eigenvalue weighted by molar-refractivity contribution is -0.182. The Hall–Kier alpha value is -0.260. The molecule has 1 aliphatic heterocycles. The minimum absolute atomic E-state index is 0.0108. The Balaban J connectivity index is 1.91. The number of carbonyl (C=O) groups is 1. The van der Waals surface area contributed by atoms with Gasteiger partial charge in [-0.2, -0.15) is 0 Å². The minimum atomic E-state index is -0.122. The molecule has 2 aliphatic rings. The lowest BCUT2D eigenvalue weighted by Gasteiger charge is -2.59. The van der Waals surface area contributed by atoms with Crippen LogP contribution in [0.4, 0.5) is 0 Å². The number of amides is 1. The summed E-state index contributed by atoms with van der Waals surface area (Å²) in [5, 5.41) is 6.33. The number of ether oxygens (including phenoxy) is 1. The van der Waals surface area contributed by atoms with Gasteiger partial charge in [-0.1, -0.05) is 13.8 Å². The number of methoxy groups -OCH3 is 1. The van der Waals surface area contributed by atoms with E-state index in [1.165, 1.54) is 0 Å². The average Bonchev–Trinajstić information content (AvgIpc) is 2.81. The third-order valence-electron chi connectivity index (χ3n) is 4.63. The molecule has 0 spiro atoms. The molecule has 0 unspecified atom stereocenters. The van der Waals surface area contributed by atoms with Crippen molar-refractivity contribution in [3.8, 4) is 0 Å². The molecule has 17 heavy (non-hydrogen) atoms. The summed E-state index contributed by atoms with van der Waals surface area (Å²) < 4.78 is 5.56. The second-order valence-electron chi connectivity index (χ2n) is 5.69. The number of thioether (sulfide) groups is 1. The Morgan fingerprint density at radius 2 is 2.18 bits per heavy atom.